The van der Waals surface area contributed by atoms with E-state index in [2.05, 4.69) is 135 Å². The first kappa shape index (κ1) is 19.6. The van der Waals surface area contributed by atoms with Gasteiger partial charge in [-0.3, -0.25) is 0 Å². The Bertz CT molecular complexity index is 1100. The highest BCUT2D eigenvalue weighted by Gasteiger charge is 2.52. The molecule has 0 aromatic heterocycles. The van der Waals surface area contributed by atoms with Crippen LogP contribution in [0.5, 0.6) is 0 Å². The molecule has 0 heterocycles. The van der Waals surface area contributed by atoms with Crippen LogP contribution in [0.2, 0.25) is 0 Å². The van der Waals surface area contributed by atoms with Crippen LogP contribution in [0.15, 0.2) is 121 Å². The van der Waals surface area contributed by atoms with E-state index in [1.54, 1.807) is 0 Å². The predicted molar refractivity (Wildman–Crippen MR) is 135 cm³/mol. The second-order valence-electron chi connectivity index (χ2n) is 10.0. The fraction of sp³-hybridized carbons (Fsp3) is 0.250. The Morgan fingerprint density at radius 2 is 0.875 bits per heavy atom. The molecule has 0 heteroatoms. The van der Waals surface area contributed by atoms with E-state index >= 15 is 0 Å². The highest BCUT2D eigenvalue weighted by atomic mass is 14.5. The van der Waals surface area contributed by atoms with Crippen molar-refractivity contribution in [2.75, 3.05) is 0 Å². The molecule has 0 unspecified atom stereocenters. The first-order valence-corrected chi connectivity index (χ1v) is 11.9. The number of hydrogen-bond acceptors (Lipinski definition) is 0. The lowest BCUT2D eigenvalue weighted by Gasteiger charge is -2.41. The zero-order valence-corrected chi connectivity index (χ0v) is 18.9. The van der Waals surface area contributed by atoms with Crippen LogP contribution in [0, 0.1) is 37.5 Å². The molecule has 0 saturated heterocycles. The van der Waals surface area contributed by atoms with Gasteiger partial charge in [-0.1, -0.05) is 133 Å². The molecule has 32 heavy (non-hydrogen) atoms. The quantitative estimate of drug-likeness (QED) is 0.461. The zero-order chi connectivity index (χ0) is 21.8. The Labute approximate surface area is 192 Å². The van der Waals surface area contributed by atoms with Gasteiger partial charge in [0.1, 0.15) is 0 Å². The van der Waals surface area contributed by atoms with Gasteiger partial charge in [0.2, 0.25) is 0 Å². The van der Waals surface area contributed by atoms with Crippen LogP contribution in [-0.2, 0) is 10.8 Å². The predicted octanol–water partition coefficient (Wildman–Crippen LogP) is 7.34. The minimum Gasteiger partial charge on any atom is -0.0829 e. The first-order chi connectivity index (χ1) is 15.6. The molecule has 0 saturated carbocycles. The van der Waals surface area contributed by atoms with E-state index in [9.17, 15) is 0 Å². The third-order valence-corrected chi connectivity index (χ3v) is 8.27. The van der Waals surface area contributed by atoms with Gasteiger partial charge in [0, 0.05) is 22.7 Å². The Balaban J connectivity index is 1.38. The van der Waals surface area contributed by atoms with Crippen LogP contribution in [-0.4, -0.2) is 0 Å². The van der Waals surface area contributed by atoms with Gasteiger partial charge in [0.05, 0.1) is 0 Å². The van der Waals surface area contributed by atoms with Crippen molar-refractivity contribution >= 4 is 0 Å². The third kappa shape index (κ3) is 2.75. The van der Waals surface area contributed by atoms with E-state index in [0.29, 0.717) is 23.7 Å². The minimum absolute atomic E-state index is 0.0374. The van der Waals surface area contributed by atoms with Crippen molar-refractivity contribution in [2.45, 2.75) is 24.7 Å². The van der Waals surface area contributed by atoms with Gasteiger partial charge in [0.15, 0.2) is 0 Å². The summed E-state index contributed by atoms with van der Waals surface area (Å²) in [5.41, 5.74) is 5.36. The average molecular weight is 415 g/mol. The fourth-order valence-electron chi connectivity index (χ4n) is 6.53. The lowest BCUT2D eigenvalue weighted by atomic mass is 9.61. The largest absolute Gasteiger partial charge is 0.0829 e. The second kappa shape index (κ2) is 7.20. The molecule has 4 aliphatic rings. The molecular formula is C32H30. The standard InChI is InChI=1S/C32H30/c1-23-9-13-25(14-10-23)31-19-5-3-7-29(31)27(17-21-31)28-18-22-32(20-6-4-8-30(28)32)26-15-11-24(2)12-16-26/h3-22,27-30H,1-2H3/t27-,28+,29-,30+,31+,32-. The maximum Gasteiger partial charge on any atom is 0.0383 e. The van der Waals surface area contributed by atoms with Gasteiger partial charge in [0.25, 0.3) is 0 Å². The Kier molecular flexibility index (Phi) is 4.40. The summed E-state index contributed by atoms with van der Waals surface area (Å²) in [6.07, 6.45) is 28.7. The van der Waals surface area contributed by atoms with Crippen molar-refractivity contribution in [3.63, 3.8) is 0 Å². The Morgan fingerprint density at radius 3 is 1.28 bits per heavy atom. The summed E-state index contributed by atoms with van der Waals surface area (Å²) in [6.45, 7) is 4.33. The molecule has 2 aromatic carbocycles. The van der Waals surface area contributed by atoms with E-state index in [1.165, 1.54) is 22.3 Å². The van der Waals surface area contributed by atoms with E-state index in [1.807, 2.05) is 0 Å². The van der Waals surface area contributed by atoms with E-state index in [4.69, 9.17) is 0 Å². The molecule has 0 N–H and O–H groups in total. The first-order valence-electron chi connectivity index (χ1n) is 11.9. The molecule has 0 spiro atoms. The summed E-state index contributed by atoms with van der Waals surface area (Å²) >= 11 is 0. The molecule has 0 radical (unpaired) electrons. The number of allylic oxidation sites excluding steroid dienone is 12. The average Bonchev–Trinajstić information content (AvgIpc) is 3.40. The van der Waals surface area contributed by atoms with Gasteiger partial charge >= 0.3 is 0 Å². The van der Waals surface area contributed by atoms with Crippen LogP contribution >= 0.6 is 0 Å². The van der Waals surface area contributed by atoms with Crippen molar-refractivity contribution in [2.24, 2.45) is 23.7 Å². The van der Waals surface area contributed by atoms with Crippen molar-refractivity contribution in [3.05, 3.63) is 144 Å². The molecule has 0 nitrogen and oxygen atoms in total. The topological polar surface area (TPSA) is 0 Å². The molecule has 0 amide bonds. The number of rotatable bonds is 3. The van der Waals surface area contributed by atoms with Crippen molar-refractivity contribution in [1.82, 2.24) is 0 Å². The molecule has 0 aliphatic heterocycles. The lowest BCUT2D eigenvalue weighted by molar-refractivity contribution is 0.267. The van der Waals surface area contributed by atoms with Gasteiger partial charge in [-0.2, -0.15) is 0 Å². The van der Waals surface area contributed by atoms with Crippen molar-refractivity contribution in [3.8, 4) is 0 Å². The second-order valence-corrected chi connectivity index (χ2v) is 10.0. The maximum absolute atomic E-state index is 2.51. The summed E-state index contributed by atoms with van der Waals surface area (Å²) in [5, 5.41) is 0. The number of hydrogen-bond donors (Lipinski definition) is 0. The number of fused-ring (bicyclic) bond motifs is 2. The third-order valence-electron chi connectivity index (χ3n) is 8.27. The minimum atomic E-state index is -0.0374. The lowest BCUT2D eigenvalue weighted by Crippen LogP contribution is -2.38. The number of aryl methyl sites for hydroxylation is 2. The van der Waals surface area contributed by atoms with E-state index < -0.39 is 0 Å². The van der Waals surface area contributed by atoms with Crippen LogP contribution in [0.25, 0.3) is 0 Å². The highest BCUT2D eigenvalue weighted by molar-refractivity contribution is 5.51. The smallest absolute Gasteiger partial charge is 0.0383 e. The van der Waals surface area contributed by atoms with Gasteiger partial charge < -0.3 is 0 Å². The summed E-state index contributed by atoms with van der Waals surface area (Å²) < 4.78 is 0. The van der Waals surface area contributed by atoms with Crippen LogP contribution < -0.4 is 0 Å². The normalized spacial score (nSPS) is 35.9. The van der Waals surface area contributed by atoms with Crippen molar-refractivity contribution < 1.29 is 0 Å². The Hall–Kier alpha value is -3.12. The van der Waals surface area contributed by atoms with Gasteiger partial charge in [-0.15, -0.1) is 0 Å². The Morgan fingerprint density at radius 1 is 0.469 bits per heavy atom. The fourth-order valence-corrected chi connectivity index (χ4v) is 6.53. The molecule has 0 bridgehead atoms. The summed E-state index contributed by atoms with van der Waals surface area (Å²) in [6, 6.07) is 18.3. The maximum atomic E-state index is 2.51. The van der Waals surface area contributed by atoms with Crippen molar-refractivity contribution in [1.29, 1.82) is 0 Å². The molecule has 0 fully saturated rings. The SMILES string of the molecule is Cc1ccc([C@@]23C=CC=C[C@@H]2[C@@H]([C@@H]2C=C[C@@]4(c5ccc(C)cc5)C=CC=C[C@@H]24)C=C3)cc1. The molecule has 6 rings (SSSR count). The zero-order valence-electron chi connectivity index (χ0n) is 18.9. The van der Waals surface area contributed by atoms with Gasteiger partial charge in [-0.05, 0) is 36.8 Å². The summed E-state index contributed by atoms with van der Waals surface area (Å²) in [5.74, 6) is 1.83. The van der Waals surface area contributed by atoms with Crippen LogP contribution in [0.4, 0.5) is 0 Å². The molecule has 2 aromatic rings. The molecule has 158 valence electrons. The summed E-state index contributed by atoms with van der Waals surface area (Å²) in [4.78, 5) is 0. The number of benzene rings is 2. The van der Waals surface area contributed by atoms with E-state index in [0.717, 1.165) is 0 Å². The van der Waals surface area contributed by atoms with Crippen LogP contribution in [0.3, 0.4) is 0 Å². The van der Waals surface area contributed by atoms with E-state index in [-0.39, 0.29) is 10.8 Å². The van der Waals surface area contributed by atoms with Gasteiger partial charge in [-0.25, -0.2) is 0 Å². The highest BCUT2D eigenvalue weighted by Crippen LogP contribution is 2.57. The summed E-state index contributed by atoms with van der Waals surface area (Å²) in [7, 11) is 0. The van der Waals surface area contributed by atoms with Crippen LogP contribution in [0.1, 0.15) is 22.3 Å². The molecule has 6 atom stereocenters. The monoisotopic (exact) mass is 414 g/mol. The molecule has 4 aliphatic carbocycles. The molecular weight excluding hydrogens is 384 g/mol.